The fourth-order valence-electron chi connectivity index (χ4n) is 2.67. The molecule has 1 aromatic carbocycles. The van der Waals surface area contributed by atoms with Gasteiger partial charge >= 0.3 is 6.18 Å². The van der Waals surface area contributed by atoms with Gasteiger partial charge in [0.2, 0.25) is 5.91 Å². The third kappa shape index (κ3) is 5.58. The Morgan fingerprint density at radius 2 is 1.96 bits per heavy atom. The Balaban J connectivity index is 0.00000264. The Morgan fingerprint density at radius 3 is 2.52 bits per heavy atom. The standard InChI is InChI=1S/C15H19F3N2OS.ClH/c16-15(17,18)11-4-3-5-12(8-11)22-9-13(21)20-14(10-19)6-1-2-7-14;/h3-5,8H,1-2,6-7,9-10,19H2,(H,20,21);1H. The van der Waals surface area contributed by atoms with Crippen molar-refractivity contribution in [2.75, 3.05) is 12.3 Å². The first kappa shape index (κ1) is 20.1. The number of alkyl halides is 3. The first-order valence-corrected chi connectivity index (χ1v) is 8.14. The quantitative estimate of drug-likeness (QED) is 0.781. The summed E-state index contributed by atoms with van der Waals surface area (Å²) in [6.07, 6.45) is -0.560. The van der Waals surface area contributed by atoms with Gasteiger partial charge in [-0.25, -0.2) is 0 Å². The van der Waals surface area contributed by atoms with Crippen molar-refractivity contribution in [3.05, 3.63) is 29.8 Å². The molecule has 2 rings (SSSR count). The normalized spacial score (nSPS) is 16.7. The molecule has 1 amide bonds. The highest BCUT2D eigenvalue weighted by Gasteiger charge is 2.34. The molecule has 3 nitrogen and oxygen atoms in total. The van der Waals surface area contributed by atoms with Gasteiger partial charge in [-0.05, 0) is 31.0 Å². The molecular formula is C15H20ClF3N2OS. The Hall–Kier alpha value is -0.920. The van der Waals surface area contributed by atoms with Gasteiger partial charge in [-0.15, -0.1) is 24.2 Å². The molecule has 1 aromatic rings. The lowest BCUT2D eigenvalue weighted by Crippen LogP contribution is -2.52. The van der Waals surface area contributed by atoms with E-state index in [4.69, 9.17) is 5.73 Å². The molecular weight excluding hydrogens is 349 g/mol. The van der Waals surface area contributed by atoms with Crippen molar-refractivity contribution in [3.8, 4) is 0 Å². The molecule has 8 heteroatoms. The molecule has 0 bridgehead atoms. The Kier molecular flexibility index (Phi) is 7.23. The van der Waals surface area contributed by atoms with Crippen LogP contribution in [-0.2, 0) is 11.0 Å². The van der Waals surface area contributed by atoms with E-state index in [0.717, 1.165) is 49.6 Å². The molecule has 0 aliphatic heterocycles. The number of rotatable bonds is 5. The van der Waals surface area contributed by atoms with Crippen LogP contribution < -0.4 is 11.1 Å². The van der Waals surface area contributed by atoms with Crippen LogP contribution in [0.15, 0.2) is 29.2 Å². The van der Waals surface area contributed by atoms with Gasteiger partial charge in [0.15, 0.2) is 0 Å². The molecule has 23 heavy (non-hydrogen) atoms. The highest BCUT2D eigenvalue weighted by Crippen LogP contribution is 2.32. The summed E-state index contributed by atoms with van der Waals surface area (Å²) >= 11 is 1.10. The Morgan fingerprint density at radius 1 is 1.30 bits per heavy atom. The molecule has 130 valence electrons. The molecule has 0 aromatic heterocycles. The first-order valence-electron chi connectivity index (χ1n) is 7.16. The van der Waals surface area contributed by atoms with E-state index in [0.29, 0.717) is 11.4 Å². The number of hydrogen-bond acceptors (Lipinski definition) is 3. The van der Waals surface area contributed by atoms with Gasteiger partial charge in [-0.3, -0.25) is 4.79 Å². The van der Waals surface area contributed by atoms with Gasteiger partial charge in [0.25, 0.3) is 0 Å². The molecule has 3 N–H and O–H groups in total. The summed E-state index contributed by atoms with van der Waals surface area (Å²) < 4.78 is 37.9. The maximum absolute atomic E-state index is 12.6. The van der Waals surface area contributed by atoms with Crippen LogP contribution in [0.4, 0.5) is 13.2 Å². The molecule has 0 unspecified atom stereocenters. The predicted octanol–water partition coefficient (Wildman–Crippen LogP) is 3.61. The molecule has 1 fully saturated rings. The highest BCUT2D eigenvalue weighted by molar-refractivity contribution is 8.00. The van der Waals surface area contributed by atoms with Crippen LogP contribution in [0.25, 0.3) is 0 Å². The van der Waals surface area contributed by atoms with Gasteiger partial charge in [-0.2, -0.15) is 13.2 Å². The average Bonchev–Trinajstić information content (AvgIpc) is 2.94. The zero-order chi connectivity index (χ0) is 16.2. The van der Waals surface area contributed by atoms with Crippen molar-refractivity contribution in [2.24, 2.45) is 5.73 Å². The molecule has 0 heterocycles. The van der Waals surface area contributed by atoms with Gasteiger partial charge in [0, 0.05) is 11.4 Å². The van der Waals surface area contributed by atoms with E-state index in [1.165, 1.54) is 6.07 Å². The van der Waals surface area contributed by atoms with Crippen molar-refractivity contribution in [1.82, 2.24) is 5.32 Å². The number of thioether (sulfide) groups is 1. The predicted molar refractivity (Wildman–Crippen MR) is 87.8 cm³/mol. The van der Waals surface area contributed by atoms with Crippen LogP contribution in [0, 0.1) is 0 Å². The van der Waals surface area contributed by atoms with Gasteiger partial charge < -0.3 is 11.1 Å². The molecule has 1 saturated carbocycles. The fraction of sp³-hybridized carbons (Fsp3) is 0.533. The van der Waals surface area contributed by atoms with Crippen LogP contribution in [0.5, 0.6) is 0 Å². The maximum atomic E-state index is 12.6. The third-order valence-corrected chi connectivity index (χ3v) is 4.88. The summed E-state index contributed by atoms with van der Waals surface area (Å²) in [5.41, 5.74) is 4.72. The number of benzene rings is 1. The maximum Gasteiger partial charge on any atom is 0.416 e. The molecule has 1 aliphatic carbocycles. The molecule has 0 saturated heterocycles. The smallest absolute Gasteiger partial charge is 0.349 e. The second-order valence-electron chi connectivity index (χ2n) is 5.55. The number of nitrogens with two attached hydrogens (primary N) is 1. The van der Waals surface area contributed by atoms with Crippen LogP contribution in [0.2, 0.25) is 0 Å². The lowest BCUT2D eigenvalue weighted by atomic mass is 9.98. The minimum absolute atomic E-state index is 0. The summed E-state index contributed by atoms with van der Waals surface area (Å²) in [7, 11) is 0. The second-order valence-corrected chi connectivity index (χ2v) is 6.60. The largest absolute Gasteiger partial charge is 0.416 e. The topological polar surface area (TPSA) is 55.1 Å². The highest BCUT2D eigenvalue weighted by atomic mass is 35.5. The summed E-state index contributed by atoms with van der Waals surface area (Å²) in [5, 5.41) is 2.95. The summed E-state index contributed by atoms with van der Waals surface area (Å²) in [6, 6.07) is 5.00. The summed E-state index contributed by atoms with van der Waals surface area (Å²) in [4.78, 5) is 12.4. The summed E-state index contributed by atoms with van der Waals surface area (Å²) in [5.74, 6) is -0.0990. The monoisotopic (exact) mass is 368 g/mol. The Labute approximate surface area is 144 Å². The number of hydrogen-bond donors (Lipinski definition) is 2. The number of nitrogens with one attached hydrogen (secondary N) is 1. The lowest BCUT2D eigenvalue weighted by Gasteiger charge is -2.28. The van der Waals surface area contributed by atoms with E-state index in [1.54, 1.807) is 6.07 Å². The van der Waals surface area contributed by atoms with Crippen molar-refractivity contribution < 1.29 is 18.0 Å². The van der Waals surface area contributed by atoms with E-state index in [1.807, 2.05) is 0 Å². The van der Waals surface area contributed by atoms with Crippen LogP contribution in [0.3, 0.4) is 0 Å². The molecule has 0 atom stereocenters. The second kappa shape index (κ2) is 8.26. The van der Waals surface area contributed by atoms with Gasteiger partial charge in [-0.1, -0.05) is 18.9 Å². The Bertz CT molecular complexity index is 534. The van der Waals surface area contributed by atoms with E-state index in [2.05, 4.69) is 5.32 Å². The van der Waals surface area contributed by atoms with Gasteiger partial charge in [0.1, 0.15) is 0 Å². The number of halogens is 4. The molecule has 0 spiro atoms. The van der Waals surface area contributed by atoms with E-state index in [-0.39, 0.29) is 29.6 Å². The van der Waals surface area contributed by atoms with Crippen molar-refractivity contribution in [3.63, 3.8) is 0 Å². The van der Waals surface area contributed by atoms with Gasteiger partial charge in [0.05, 0.1) is 16.9 Å². The van der Waals surface area contributed by atoms with E-state index in [9.17, 15) is 18.0 Å². The number of carbonyl (C=O) groups is 1. The zero-order valence-corrected chi connectivity index (χ0v) is 14.1. The average molecular weight is 369 g/mol. The number of amides is 1. The summed E-state index contributed by atoms with van der Waals surface area (Å²) in [6.45, 7) is 0.396. The fourth-order valence-corrected chi connectivity index (χ4v) is 3.43. The first-order chi connectivity index (χ1) is 10.3. The SMILES string of the molecule is Cl.NCC1(NC(=O)CSc2cccc(C(F)(F)F)c2)CCCC1. The van der Waals surface area contributed by atoms with Crippen molar-refractivity contribution >= 4 is 30.1 Å². The van der Waals surface area contributed by atoms with Crippen LogP contribution in [0.1, 0.15) is 31.2 Å². The number of carbonyl (C=O) groups excluding carboxylic acids is 1. The van der Waals surface area contributed by atoms with E-state index >= 15 is 0 Å². The van der Waals surface area contributed by atoms with Crippen molar-refractivity contribution in [2.45, 2.75) is 42.3 Å². The lowest BCUT2D eigenvalue weighted by molar-refractivity contribution is -0.137. The van der Waals surface area contributed by atoms with Crippen molar-refractivity contribution in [1.29, 1.82) is 0 Å². The van der Waals surface area contributed by atoms with Crippen LogP contribution >= 0.6 is 24.2 Å². The molecule has 0 radical (unpaired) electrons. The minimum atomic E-state index is -4.37. The minimum Gasteiger partial charge on any atom is -0.349 e. The van der Waals surface area contributed by atoms with E-state index < -0.39 is 11.7 Å². The molecule has 1 aliphatic rings. The van der Waals surface area contributed by atoms with Crippen LogP contribution in [-0.4, -0.2) is 23.7 Å². The zero-order valence-electron chi connectivity index (χ0n) is 12.5. The third-order valence-electron chi connectivity index (χ3n) is 3.89.